The van der Waals surface area contributed by atoms with Gasteiger partial charge in [0.25, 0.3) is 0 Å². The number of nitrogens with zero attached hydrogens (tertiary/aromatic N) is 3. The fraction of sp³-hybridized carbons (Fsp3) is 0.700. The highest BCUT2D eigenvalue weighted by molar-refractivity contribution is 4.92. The van der Waals surface area contributed by atoms with E-state index in [2.05, 4.69) is 10.00 Å². The molecule has 5 heteroatoms. The van der Waals surface area contributed by atoms with E-state index in [0.29, 0.717) is 12.6 Å². The lowest BCUT2D eigenvalue weighted by Crippen LogP contribution is -2.28. The van der Waals surface area contributed by atoms with Gasteiger partial charge in [-0.25, -0.2) is 0 Å². The second-order valence-corrected chi connectivity index (χ2v) is 3.88. The number of methoxy groups -OCH3 is 1. The number of hydrogen-bond acceptors (Lipinski definition) is 4. The number of likely N-dealkylation sites (tertiary alicyclic amines) is 1. The number of rotatable bonds is 4. The lowest BCUT2D eigenvalue weighted by atomic mass is 10.2. The van der Waals surface area contributed by atoms with E-state index in [1.807, 2.05) is 16.9 Å². The van der Waals surface area contributed by atoms with Gasteiger partial charge in [-0.1, -0.05) is 0 Å². The zero-order chi connectivity index (χ0) is 10.7. The largest absolute Gasteiger partial charge is 0.378 e. The van der Waals surface area contributed by atoms with Crippen LogP contribution >= 0.6 is 0 Å². The molecule has 1 fully saturated rings. The Kier molecular flexibility index (Phi) is 3.35. The van der Waals surface area contributed by atoms with Crippen LogP contribution in [0.5, 0.6) is 0 Å². The fourth-order valence-corrected chi connectivity index (χ4v) is 2.16. The summed E-state index contributed by atoms with van der Waals surface area (Å²) in [6.45, 7) is 3.54. The lowest BCUT2D eigenvalue weighted by Gasteiger charge is -2.16. The molecule has 1 aromatic heterocycles. The van der Waals surface area contributed by atoms with Gasteiger partial charge in [-0.2, -0.15) is 5.10 Å². The zero-order valence-electron chi connectivity index (χ0n) is 9.04. The summed E-state index contributed by atoms with van der Waals surface area (Å²) in [6, 6.07) is 2.26. The SMILES string of the molecule is CO[C@H]1CN(CCN)C[C@@H]1n1cccn1. The monoisotopic (exact) mass is 210 g/mol. The summed E-state index contributed by atoms with van der Waals surface area (Å²) in [6.07, 6.45) is 4.01. The molecule has 1 aliphatic rings. The molecule has 0 aromatic carbocycles. The van der Waals surface area contributed by atoms with Crippen molar-refractivity contribution < 1.29 is 4.74 Å². The van der Waals surface area contributed by atoms with Crippen LogP contribution in [-0.4, -0.2) is 54.1 Å². The average Bonchev–Trinajstić information content (AvgIpc) is 2.84. The summed E-state index contributed by atoms with van der Waals surface area (Å²) in [7, 11) is 1.76. The van der Waals surface area contributed by atoms with Crippen molar-refractivity contribution in [3.05, 3.63) is 18.5 Å². The van der Waals surface area contributed by atoms with E-state index in [9.17, 15) is 0 Å². The first-order valence-electron chi connectivity index (χ1n) is 5.29. The fourth-order valence-electron chi connectivity index (χ4n) is 2.16. The quantitative estimate of drug-likeness (QED) is 0.742. The summed E-state index contributed by atoms with van der Waals surface area (Å²) in [4.78, 5) is 2.32. The van der Waals surface area contributed by atoms with E-state index in [-0.39, 0.29) is 6.10 Å². The van der Waals surface area contributed by atoms with E-state index in [4.69, 9.17) is 10.5 Å². The van der Waals surface area contributed by atoms with Gasteiger partial charge in [-0.15, -0.1) is 0 Å². The maximum Gasteiger partial charge on any atom is 0.0934 e. The van der Waals surface area contributed by atoms with Crippen LogP contribution in [0.1, 0.15) is 6.04 Å². The van der Waals surface area contributed by atoms with Crippen molar-refractivity contribution in [2.75, 3.05) is 33.3 Å². The molecule has 0 amide bonds. The van der Waals surface area contributed by atoms with Gasteiger partial charge in [-0.3, -0.25) is 9.58 Å². The smallest absolute Gasteiger partial charge is 0.0934 e. The normalized spacial score (nSPS) is 27.3. The van der Waals surface area contributed by atoms with Crippen LogP contribution in [0.15, 0.2) is 18.5 Å². The van der Waals surface area contributed by atoms with Gasteiger partial charge in [0.1, 0.15) is 0 Å². The summed E-state index contributed by atoms with van der Waals surface area (Å²) >= 11 is 0. The summed E-state index contributed by atoms with van der Waals surface area (Å²) in [5.41, 5.74) is 5.55. The second-order valence-electron chi connectivity index (χ2n) is 3.88. The topological polar surface area (TPSA) is 56.3 Å². The van der Waals surface area contributed by atoms with Crippen LogP contribution < -0.4 is 5.73 Å². The highest BCUT2D eigenvalue weighted by Crippen LogP contribution is 2.22. The predicted octanol–water partition coefficient (Wildman–Crippen LogP) is -0.286. The summed E-state index contributed by atoms with van der Waals surface area (Å²) in [5, 5.41) is 4.27. The Morgan fingerprint density at radius 1 is 1.53 bits per heavy atom. The van der Waals surface area contributed by atoms with Gasteiger partial charge in [0.15, 0.2) is 0 Å². The molecule has 1 aliphatic heterocycles. The van der Waals surface area contributed by atoms with Crippen LogP contribution in [-0.2, 0) is 4.74 Å². The molecule has 0 unspecified atom stereocenters. The van der Waals surface area contributed by atoms with Gasteiger partial charge in [0.2, 0.25) is 0 Å². The van der Waals surface area contributed by atoms with Crippen molar-refractivity contribution in [3.8, 4) is 0 Å². The standard InChI is InChI=1S/C10H18N4O/c1-15-10-8-13(6-3-11)7-9(10)14-5-2-4-12-14/h2,4-5,9-10H,3,6-8,11H2,1H3/t9-,10-/m0/s1. The molecule has 15 heavy (non-hydrogen) atoms. The highest BCUT2D eigenvalue weighted by atomic mass is 16.5. The van der Waals surface area contributed by atoms with Crippen molar-refractivity contribution in [1.82, 2.24) is 14.7 Å². The maximum absolute atomic E-state index is 5.55. The third kappa shape index (κ3) is 2.19. The molecule has 2 N–H and O–H groups in total. The number of aromatic nitrogens is 2. The summed E-state index contributed by atoms with van der Waals surface area (Å²) < 4.78 is 7.46. The number of ether oxygens (including phenoxy) is 1. The van der Waals surface area contributed by atoms with Crippen molar-refractivity contribution in [3.63, 3.8) is 0 Å². The Hall–Kier alpha value is -0.910. The molecule has 2 heterocycles. The first-order chi connectivity index (χ1) is 7.35. The Balaban J connectivity index is 2.04. The molecule has 5 nitrogen and oxygen atoms in total. The molecule has 1 aromatic rings. The van der Waals surface area contributed by atoms with E-state index in [1.54, 1.807) is 13.3 Å². The Morgan fingerprint density at radius 2 is 2.40 bits per heavy atom. The Bertz CT molecular complexity index is 288. The van der Waals surface area contributed by atoms with Gasteiger partial charge in [0, 0.05) is 45.7 Å². The van der Waals surface area contributed by atoms with Crippen LogP contribution in [0.4, 0.5) is 0 Å². The molecular formula is C10H18N4O. The van der Waals surface area contributed by atoms with Crippen LogP contribution in [0.3, 0.4) is 0 Å². The lowest BCUT2D eigenvalue weighted by molar-refractivity contribution is 0.0783. The predicted molar refractivity (Wildman–Crippen MR) is 57.6 cm³/mol. The molecule has 0 saturated carbocycles. The molecule has 0 bridgehead atoms. The molecule has 84 valence electrons. The Labute approximate surface area is 89.8 Å². The first-order valence-corrected chi connectivity index (χ1v) is 5.29. The van der Waals surface area contributed by atoms with Crippen LogP contribution in [0.25, 0.3) is 0 Å². The minimum absolute atomic E-state index is 0.219. The minimum Gasteiger partial charge on any atom is -0.378 e. The molecule has 0 radical (unpaired) electrons. The van der Waals surface area contributed by atoms with Crippen molar-refractivity contribution in [1.29, 1.82) is 0 Å². The molecule has 2 rings (SSSR count). The van der Waals surface area contributed by atoms with Gasteiger partial charge < -0.3 is 10.5 Å². The molecular weight excluding hydrogens is 192 g/mol. The van der Waals surface area contributed by atoms with Crippen LogP contribution in [0, 0.1) is 0 Å². The van der Waals surface area contributed by atoms with Gasteiger partial charge in [-0.05, 0) is 6.07 Å². The maximum atomic E-state index is 5.55. The highest BCUT2D eigenvalue weighted by Gasteiger charge is 2.33. The first kappa shape index (κ1) is 10.6. The molecule has 2 atom stereocenters. The zero-order valence-corrected chi connectivity index (χ0v) is 9.04. The molecule has 1 saturated heterocycles. The number of nitrogens with two attached hydrogens (primary N) is 1. The van der Waals surface area contributed by atoms with Crippen molar-refractivity contribution in [2.45, 2.75) is 12.1 Å². The third-order valence-electron chi connectivity index (χ3n) is 2.93. The van der Waals surface area contributed by atoms with Crippen LogP contribution in [0.2, 0.25) is 0 Å². The number of hydrogen-bond donors (Lipinski definition) is 1. The van der Waals surface area contributed by atoms with Crippen molar-refractivity contribution in [2.24, 2.45) is 5.73 Å². The van der Waals surface area contributed by atoms with Gasteiger partial charge >= 0.3 is 0 Å². The average molecular weight is 210 g/mol. The molecule has 0 aliphatic carbocycles. The van der Waals surface area contributed by atoms with Gasteiger partial charge in [0.05, 0.1) is 12.1 Å². The van der Waals surface area contributed by atoms with E-state index in [0.717, 1.165) is 19.6 Å². The second kappa shape index (κ2) is 4.74. The Morgan fingerprint density at radius 3 is 3.00 bits per heavy atom. The molecule has 0 spiro atoms. The van der Waals surface area contributed by atoms with E-state index < -0.39 is 0 Å². The minimum atomic E-state index is 0.219. The van der Waals surface area contributed by atoms with Crippen molar-refractivity contribution >= 4 is 0 Å². The third-order valence-corrected chi connectivity index (χ3v) is 2.93. The van der Waals surface area contributed by atoms with E-state index >= 15 is 0 Å². The summed E-state index contributed by atoms with van der Waals surface area (Å²) in [5.74, 6) is 0. The van der Waals surface area contributed by atoms with E-state index in [1.165, 1.54) is 0 Å².